The molecule has 0 radical (unpaired) electrons. The van der Waals surface area contributed by atoms with Crippen molar-refractivity contribution in [1.82, 2.24) is 19.6 Å². The average molecular weight is 240 g/mol. The molecule has 0 saturated carbocycles. The van der Waals surface area contributed by atoms with Gasteiger partial charge in [-0.1, -0.05) is 11.6 Å². The minimum atomic E-state index is 0.450. The molecule has 0 aliphatic rings. The van der Waals surface area contributed by atoms with E-state index in [4.69, 9.17) is 17.3 Å². The van der Waals surface area contributed by atoms with Gasteiger partial charge in [0, 0.05) is 19.8 Å². The summed E-state index contributed by atoms with van der Waals surface area (Å²) in [4.78, 5) is 0. The summed E-state index contributed by atoms with van der Waals surface area (Å²) in [7, 11) is 1.88. The molecule has 2 rings (SSSR count). The van der Waals surface area contributed by atoms with Crippen molar-refractivity contribution in [3.8, 4) is 0 Å². The number of hydrogen-bond acceptors (Lipinski definition) is 3. The molecule has 0 unspecified atom stereocenters. The summed E-state index contributed by atoms with van der Waals surface area (Å²) < 4.78 is 3.59. The first-order chi connectivity index (χ1) is 7.61. The van der Waals surface area contributed by atoms with E-state index in [9.17, 15) is 0 Å². The van der Waals surface area contributed by atoms with Gasteiger partial charge in [0.15, 0.2) is 0 Å². The molecule has 6 heteroatoms. The normalized spacial score (nSPS) is 11.0. The summed E-state index contributed by atoms with van der Waals surface area (Å²) in [5.74, 6) is 0. The molecule has 16 heavy (non-hydrogen) atoms. The lowest BCUT2D eigenvalue weighted by atomic mass is 10.3. The van der Waals surface area contributed by atoms with Crippen LogP contribution in [-0.2, 0) is 20.1 Å². The molecule has 0 aliphatic carbocycles. The zero-order valence-electron chi connectivity index (χ0n) is 9.31. The maximum Gasteiger partial charge on any atom is 0.0866 e. The highest BCUT2D eigenvalue weighted by Crippen LogP contribution is 2.20. The molecule has 0 bridgehead atoms. The zero-order valence-corrected chi connectivity index (χ0v) is 10.1. The fourth-order valence-corrected chi connectivity index (χ4v) is 1.83. The van der Waals surface area contributed by atoms with Gasteiger partial charge in [0.25, 0.3) is 0 Å². The lowest BCUT2D eigenvalue weighted by Gasteiger charge is -2.03. The Labute approximate surface area is 98.8 Å². The summed E-state index contributed by atoms with van der Waals surface area (Å²) in [6, 6.07) is 1.90. The Bertz CT molecular complexity index is 499. The van der Waals surface area contributed by atoms with E-state index in [0.717, 1.165) is 17.1 Å². The molecule has 0 fully saturated rings. The smallest absolute Gasteiger partial charge is 0.0866 e. The molecule has 0 aliphatic heterocycles. The van der Waals surface area contributed by atoms with Crippen LogP contribution in [0.2, 0.25) is 5.02 Å². The highest BCUT2D eigenvalue weighted by Gasteiger charge is 2.11. The van der Waals surface area contributed by atoms with Crippen LogP contribution in [0.1, 0.15) is 17.1 Å². The van der Waals surface area contributed by atoms with Crippen LogP contribution in [0.25, 0.3) is 0 Å². The molecule has 0 atom stereocenters. The highest BCUT2D eigenvalue weighted by molar-refractivity contribution is 6.31. The van der Waals surface area contributed by atoms with E-state index >= 15 is 0 Å². The standard InChI is InChI=1S/C10H14ClN5/c1-7-10(11)9(15(2)13-7)6-16-4-3-8(5-12)14-16/h3-4H,5-6,12H2,1-2H3. The second-order valence-electron chi connectivity index (χ2n) is 3.68. The van der Waals surface area contributed by atoms with Gasteiger partial charge in [0.05, 0.1) is 28.6 Å². The minimum absolute atomic E-state index is 0.450. The first-order valence-corrected chi connectivity index (χ1v) is 5.40. The third-order valence-electron chi connectivity index (χ3n) is 2.48. The lowest BCUT2D eigenvalue weighted by Crippen LogP contribution is -2.07. The van der Waals surface area contributed by atoms with E-state index in [1.54, 1.807) is 4.68 Å². The average Bonchev–Trinajstić information content (AvgIpc) is 2.80. The molecule has 0 amide bonds. The maximum absolute atomic E-state index is 6.16. The Balaban J connectivity index is 2.26. The number of aromatic nitrogens is 4. The molecule has 5 nitrogen and oxygen atoms in total. The topological polar surface area (TPSA) is 61.7 Å². The van der Waals surface area contributed by atoms with Crippen LogP contribution in [0.15, 0.2) is 12.3 Å². The summed E-state index contributed by atoms with van der Waals surface area (Å²) in [5, 5.41) is 9.26. The van der Waals surface area contributed by atoms with E-state index in [1.165, 1.54) is 0 Å². The molecular formula is C10H14ClN5. The fourth-order valence-electron chi connectivity index (χ4n) is 1.61. The van der Waals surface area contributed by atoms with Crippen molar-refractivity contribution >= 4 is 11.6 Å². The van der Waals surface area contributed by atoms with Gasteiger partial charge < -0.3 is 5.73 Å². The second-order valence-corrected chi connectivity index (χ2v) is 4.06. The second kappa shape index (κ2) is 4.27. The Morgan fingerprint density at radius 2 is 2.19 bits per heavy atom. The quantitative estimate of drug-likeness (QED) is 0.872. The first kappa shape index (κ1) is 11.2. The van der Waals surface area contributed by atoms with Gasteiger partial charge in [-0.25, -0.2) is 0 Å². The van der Waals surface area contributed by atoms with Crippen LogP contribution < -0.4 is 5.73 Å². The Morgan fingerprint density at radius 3 is 2.69 bits per heavy atom. The van der Waals surface area contributed by atoms with E-state index in [0.29, 0.717) is 18.1 Å². The molecule has 2 aromatic rings. The van der Waals surface area contributed by atoms with Crippen LogP contribution in [0, 0.1) is 6.92 Å². The monoisotopic (exact) mass is 239 g/mol. The largest absolute Gasteiger partial charge is 0.325 e. The molecular weight excluding hydrogens is 226 g/mol. The maximum atomic E-state index is 6.16. The van der Waals surface area contributed by atoms with Gasteiger partial charge in [0.1, 0.15) is 0 Å². The third-order valence-corrected chi connectivity index (χ3v) is 2.97. The van der Waals surface area contributed by atoms with Crippen LogP contribution in [0.5, 0.6) is 0 Å². The molecule has 2 heterocycles. The van der Waals surface area contributed by atoms with Crippen molar-refractivity contribution in [2.75, 3.05) is 0 Å². The van der Waals surface area contributed by atoms with Gasteiger partial charge in [-0.05, 0) is 13.0 Å². The van der Waals surface area contributed by atoms with Crippen molar-refractivity contribution in [3.05, 3.63) is 34.4 Å². The molecule has 0 aromatic carbocycles. The van der Waals surface area contributed by atoms with Crippen LogP contribution >= 0.6 is 11.6 Å². The fraction of sp³-hybridized carbons (Fsp3) is 0.400. The van der Waals surface area contributed by atoms with Crippen molar-refractivity contribution in [1.29, 1.82) is 0 Å². The number of hydrogen-bond donors (Lipinski definition) is 1. The molecule has 2 aromatic heterocycles. The van der Waals surface area contributed by atoms with Gasteiger partial charge in [-0.2, -0.15) is 10.2 Å². The summed E-state index contributed by atoms with van der Waals surface area (Å²) in [5.41, 5.74) is 8.16. The predicted molar refractivity (Wildman–Crippen MR) is 62.2 cm³/mol. The molecule has 0 spiro atoms. The van der Waals surface area contributed by atoms with E-state index < -0.39 is 0 Å². The highest BCUT2D eigenvalue weighted by atomic mass is 35.5. The van der Waals surface area contributed by atoms with Crippen molar-refractivity contribution in [3.63, 3.8) is 0 Å². The van der Waals surface area contributed by atoms with Crippen molar-refractivity contribution < 1.29 is 0 Å². The van der Waals surface area contributed by atoms with Crippen LogP contribution in [0.4, 0.5) is 0 Å². The SMILES string of the molecule is Cc1nn(C)c(Cn2ccc(CN)n2)c1Cl. The van der Waals surface area contributed by atoms with Gasteiger partial charge >= 0.3 is 0 Å². The molecule has 2 N–H and O–H groups in total. The summed E-state index contributed by atoms with van der Waals surface area (Å²) in [6.07, 6.45) is 1.89. The third kappa shape index (κ3) is 1.96. The van der Waals surface area contributed by atoms with Crippen molar-refractivity contribution in [2.24, 2.45) is 12.8 Å². The Morgan fingerprint density at radius 1 is 1.44 bits per heavy atom. The van der Waals surface area contributed by atoms with Crippen LogP contribution in [0.3, 0.4) is 0 Å². The van der Waals surface area contributed by atoms with Crippen LogP contribution in [-0.4, -0.2) is 19.6 Å². The Hall–Kier alpha value is -1.33. The number of nitrogens with zero attached hydrogens (tertiary/aromatic N) is 4. The number of aryl methyl sites for hydroxylation is 2. The molecule has 86 valence electrons. The number of nitrogens with two attached hydrogens (primary N) is 1. The van der Waals surface area contributed by atoms with E-state index in [1.807, 2.05) is 30.9 Å². The van der Waals surface area contributed by atoms with Crippen molar-refractivity contribution in [2.45, 2.75) is 20.0 Å². The first-order valence-electron chi connectivity index (χ1n) is 5.02. The number of halogens is 1. The zero-order chi connectivity index (χ0) is 11.7. The van der Waals surface area contributed by atoms with E-state index in [2.05, 4.69) is 10.2 Å². The Kier molecular flexibility index (Phi) is 2.98. The molecule has 0 saturated heterocycles. The predicted octanol–water partition coefficient (Wildman–Crippen LogP) is 1.09. The minimum Gasteiger partial charge on any atom is -0.325 e. The summed E-state index contributed by atoms with van der Waals surface area (Å²) >= 11 is 6.16. The van der Waals surface area contributed by atoms with Gasteiger partial charge in [-0.15, -0.1) is 0 Å². The van der Waals surface area contributed by atoms with Gasteiger partial charge in [0.2, 0.25) is 0 Å². The summed E-state index contributed by atoms with van der Waals surface area (Å²) in [6.45, 7) is 2.95. The lowest BCUT2D eigenvalue weighted by molar-refractivity contribution is 0.612. The number of rotatable bonds is 3. The van der Waals surface area contributed by atoms with Gasteiger partial charge in [-0.3, -0.25) is 9.36 Å². The van der Waals surface area contributed by atoms with E-state index in [-0.39, 0.29) is 0 Å².